The van der Waals surface area contributed by atoms with Crippen LogP contribution in [0.5, 0.6) is 5.75 Å². The highest BCUT2D eigenvalue weighted by Gasteiger charge is 2.41. The summed E-state index contributed by atoms with van der Waals surface area (Å²) in [5.74, 6) is -0.956. The first-order valence-electron chi connectivity index (χ1n) is 18.6. The van der Waals surface area contributed by atoms with Gasteiger partial charge >= 0.3 is 0 Å². The molecule has 0 fully saturated rings. The van der Waals surface area contributed by atoms with Crippen molar-refractivity contribution in [2.24, 2.45) is 0 Å². The quantitative estimate of drug-likeness (QED) is 0.0519. The van der Waals surface area contributed by atoms with Crippen molar-refractivity contribution in [2.75, 3.05) is 27.4 Å². The Bertz CT molecular complexity index is 1310. The molecular weight excluding hydrogens is 628 g/mol. The van der Waals surface area contributed by atoms with E-state index in [1.165, 1.54) is 72.0 Å². The highest BCUT2D eigenvalue weighted by atomic mass is 16.7. The number of unbranched alkanes of at least 4 members (excludes halogenated alkanes) is 10. The number of benzene rings is 3. The van der Waals surface area contributed by atoms with Gasteiger partial charge in [0.2, 0.25) is 5.78 Å². The third-order valence-electron chi connectivity index (χ3n) is 9.03. The lowest BCUT2D eigenvalue weighted by molar-refractivity contribution is -0.176. The summed E-state index contributed by atoms with van der Waals surface area (Å²) in [7, 11) is 2.94. The van der Waals surface area contributed by atoms with E-state index in [4.69, 9.17) is 19.3 Å². The minimum Gasteiger partial charge on any atom is -0.491 e. The molecule has 3 aromatic rings. The van der Waals surface area contributed by atoms with Crippen LogP contribution in [0.25, 0.3) is 0 Å². The van der Waals surface area contributed by atoms with E-state index in [2.05, 4.69) is 6.92 Å². The van der Waals surface area contributed by atoms with Crippen molar-refractivity contribution in [3.8, 4) is 5.75 Å². The number of carbonyl (C=O) groups excluding carboxylic acids is 2. The van der Waals surface area contributed by atoms with Gasteiger partial charge in [-0.1, -0.05) is 157 Å². The molecule has 3 rings (SSSR count). The van der Waals surface area contributed by atoms with Crippen LogP contribution >= 0.6 is 0 Å². The average molecular weight is 691 g/mol. The molecule has 0 aliphatic carbocycles. The largest absolute Gasteiger partial charge is 0.491 e. The van der Waals surface area contributed by atoms with E-state index in [0.29, 0.717) is 36.1 Å². The Balaban J connectivity index is 0.000000387. The van der Waals surface area contributed by atoms with Gasteiger partial charge in [-0.3, -0.25) is 9.59 Å². The predicted molar refractivity (Wildman–Crippen MR) is 202 cm³/mol. The molecule has 0 heterocycles. The standard InChI is InChI=1S/C27H46O4.C16H16O3/c1-3-5-6-7-8-9-10-11-12-13-14-15-26(29)27(30,20-4-2)23-24-16-18-25(19-17-24)31-22-21-28;1-18-16(19-2,14-11-7-4-8-12-14)15(17)13-9-5-3-6-10-13/h16-19,28,30H,3-15,20-23H2,1-2H3;3-12H,1-2H3. The Morgan fingerprint density at radius 3 is 1.68 bits per heavy atom. The van der Waals surface area contributed by atoms with Gasteiger partial charge in [0, 0.05) is 38.2 Å². The maximum atomic E-state index is 12.8. The zero-order chi connectivity index (χ0) is 36.5. The molecule has 3 aromatic carbocycles. The van der Waals surface area contributed by atoms with Crippen LogP contribution in [0.1, 0.15) is 125 Å². The normalized spacial score (nSPS) is 12.4. The Morgan fingerprint density at radius 2 is 1.18 bits per heavy atom. The van der Waals surface area contributed by atoms with Gasteiger partial charge in [-0.25, -0.2) is 0 Å². The Labute approximate surface area is 301 Å². The van der Waals surface area contributed by atoms with Gasteiger partial charge in [0.25, 0.3) is 5.79 Å². The van der Waals surface area contributed by atoms with Crippen molar-refractivity contribution in [2.45, 2.75) is 122 Å². The molecule has 0 saturated carbocycles. The van der Waals surface area contributed by atoms with Crippen LogP contribution in [-0.4, -0.2) is 54.8 Å². The van der Waals surface area contributed by atoms with Crippen molar-refractivity contribution in [1.29, 1.82) is 0 Å². The second-order valence-electron chi connectivity index (χ2n) is 13.0. The molecule has 1 unspecified atom stereocenters. The van der Waals surface area contributed by atoms with Gasteiger partial charge in [0.15, 0.2) is 5.78 Å². The van der Waals surface area contributed by atoms with Crippen molar-refractivity contribution in [1.82, 2.24) is 0 Å². The van der Waals surface area contributed by atoms with E-state index in [9.17, 15) is 14.7 Å². The second kappa shape index (κ2) is 24.7. The lowest BCUT2D eigenvalue weighted by atomic mass is 9.84. The number of hydrogen-bond donors (Lipinski definition) is 2. The van der Waals surface area contributed by atoms with Gasteiger partial charge in [-0.05, 0) is 30.5 Å². The lowest BCUT2D eigenvalue weighted by Crippen LogP contribution is -2.40. The van der Waals surface area contributed by atoms with Crippen LogP contribution in [0, 0.1) is 0 Å². The van der Waals surface area contributed by atoms with Gasteiger partial charge < -0.3 is 24.4 Å². The predicted octanol–water partition coefficient (Wildman–Crippen LogP) is 9.42. The average Bonchev–Trinajstić information content (AvgIpc) is 3.15. The summed E-state index contributed by atoms with van der Waals surface area (Å²) in [6.45, 7) is 4.50. The monoisotopic (exact) mass is 690 g/mol. The number of hydrogen-bond acceptors (Lipinski definition) is 7. The molecule has 0 saturated heterocycles. The second-order valence-corrected chi connectivity index (χ2v) is 13.0. The summed E-state index contributed by atoms with van der Waals surface area (Å²) in [5, 5.41) is 19.9. The molecule has 2 N–H and O–H groups in total. The number of methoxy groups -OCH3 is 2. The number of ketones is 2. The first kappa shape index (κ1) is 42.8. The Kier molecular flexibility index (Phi) is 21.2. The number of rotatable bonds is 25. The summed E-state index contributed by atoms with van der Waals surface area (Å²) in [6, 6.07) is 25.6. The number of Topliss-reactive ketones (excluding diaryl/α,β-unsaturated/α-hetero) is 2. The number of aliphatic hydroxyl groups is 2. The molecule has 7 heteroatoms. The first-order chi connectivity index (χ1) is 24.3. The van der Waals surface area contributed by atoms with Gasteiger partial charge in [0.05, 0.1) is 6.61 Å². The molecule has 1 atom stereocenters. The minimum atomic E-state index is -1.40. The van der Waals surface area contributed by atoms with Gasteiger partial charge in [0.1, 0.15) is 18.0 Å². The zero-order valence-electron chi connectivity index (χ0n) is 31.0. The molecule has 0 aliphatic rings. The summed E-state index contributed by atoms with van der Waals surface area (Å²) in [5.41, 5.74) is 0.879. The molecule has 7 nitrogen and oxygen atoms in total. The van der Waals surface area contributed by atoms with Crippen molar-refractivity contribution < 1.29 is 34.0 Å². The van der Waals surface area contributed by atoms with Crippen LogP contribution in [0.15, 0.2) is 84.9 Å². The maximum Gasteiger partial charge on any atom is 0.260 e. The molecule has 276 valence electrons. The van der Waals surface area contributed by atoms with Crippen LogP contribution in [0.3, 0.4) is 0 Å². The Morgan fingerprint density at radius 1 is 0.660 bits per heavy atom. The minimum absolute atomic E-state index is 0.0223. The number of aliphatic hydroxyl groups excluding tert-OH is 1. The van der Waals surface area contributed by atoms with Crippen LogP contribution in [0.2, 0.25) is 0 Å². The maximum absolute atomic E-state index is 12.8. The number of ether oxygens (including phenoxy) is 3. The third-order valence-corrected chi connectivity index (χ3v) is 9.03. The summed E-state index contributed by atoms with van der Waals surface area (Å²) >= 11 is 0. The molecule has 0 bridgehead atoms. The highest BCUT2D eigenvalue weighted by Crippen LogP contribution is 2.30. The topological polar surface area (TPSA) is 102 Å². The van der Waals surface area contributed by atoms with Crippen LogP contribution < -0.4 is 4.74 Å². The first-order valence-corrected chi connectivity index (χ1v) is 18.6. The third kappa shape index (κ3) is 14.5. The SMILES string of the molecule is CCCCCCCCCCCCCC(=O)C(O)(CCC)Cc1ccc(OCCO)cc1.COC(OC)(C(=O)c1ccccc1)c1ccccc1. The van der Waals surface area contributed by atoms with E-state index < -0.39 is 11.4 Å². The molecule has 50 heavy (non-hydrogen) atoms. The molecule has 0 aromatic heterocycles. The fraction of sp³-hybridized carbons (Fsp3) is 0.535. The Hall–Kier alpha value is -3.36. The van der Waals surface area contributed by atoms with E-state index in [-0.39, 0.29) is 24.8 Å². The highest BCUT2D eigenvalue weighted by molar-refractivity contribution is 6.02. The van der Waals surface area contributed by atoms with E-state index in [1.807, 2.05) is 79.7 Å². The number of carbonyl (C=O) groups is 2. The van der Waals surface area contributed by atoms with E-state index in [0.717, 1.165) is 24.8 Å². The van der Waals surface area contributed by atoms with Crippen molar-refractivity contribution in [3.05, 3.63) is 102 Å². The van der Waals surface area contributed by atoms with Crippen molar-refractivity contribution in [3.63, 3.8) is 0 Å². The van der Waals surface area contributed by atoms with E-state index >= 15 is 0 Å². The fourth-order valence-corrected chi connectivity index (χ4v) is 6.20. The van der Waals surface area contributed by atoms with E-state index in [1.54, 1.807) is 12.1 Å². The summed E-state index contributed by atoms with van der Waals surface area (Å²) in [6.07, 6.45) is 15.9. The molecular formula is C43H62O7. The summed E-state index contributed by atoms with van der Waals surface area (Å²) < 4.78 is 16.2. The molecule has 0 amide bonds. The van der Waals surface area contributed by atoms with Gasteiger partial charge in [-0.2, -0.15) is 0 Å². The molecule has 0 aliphatic heterocycles. The summed E-state index contributed by atoms with van der Waals surface area (Å²) in [4.78, 5) is 25.5. The smallest absolute Gasteiger partial charge is 0.260 e. The molecule has 0 spiro atoms. The zero-order valence-corrected chi connectivity index (χ0v) is 31.0. The van der Waals surface area contributed by atoms with Gasteiger partial charge in [-0.15, -0.1) is 0 Å². The lowest BCUT2D eigenvalue weighted by Gasteiger charge is -2.29. The molecule has 0 radical (unpaired) electrons. The van der Waals surface area contributed by atoms with Crippen molar-refractivity contribution >= 4 is 11.6 Å². The van der Waals surface area contributed by atoms with Crippen LogP contribution in [-0.2, 0) is 26.5 Å². The fourth-order valence-electron chi connectivity index (χ4n) is 6.20. The van der Waals surface area contributed by atoms with Crippen LogP contribution in [0.4, 0.5) is 0 Å².